The fraction of sp³-hybridized carbons (Fsp3) is 0.267. The van der Waals surface area contributed by atoms with Crippen molar-refractivity contribution in [2.75, 3.05) is 7.05 Å². The first-order valence-electron chi connectivity index (χ1n) is 6.03. The number of nitrogens with zero attached hydrogens (tertiary/aromatic N) is 1. The fourth-order valence-corrected chi connectivity index (χ4v) is 2.32. The normalized spacial score (nSPS) is 12.4. The van der Waals surface area contributed by atoms with E-state index in [2.05, 4.69) is 28.5 Å². The van der Waals surface area contributed by atoms with E-state index in [1.807, 2.05) is 32.3 Å². The van der Waals surface area contributed by atoms with Crippen LogP contribution >= 0.6 is 11.6 Å². The molecule has 2 nitrogen and oxygen atoms in total. The van der Waals surface area contributed by atoms with Gasteiger partial charge in [-0.2, -0.15) is 0 Å². The van der Waals surface area contributed by atoms with Crippen molar-refractivity contribution in [2.45, 2.75) is 19.4 Å². The Labute approximate surface area is 113 Å². The maximum Gasteiger partial charge on any atom is 0.0441 e. The van der Waals surface area contributed by atoms with Crippen LogP contribution in [0.25, 0.3) is 0 Å². The minimum atomic E-state index is 0.235. The van der Waals surface area contributed by atoms with Crippen LogP contribution in [-0.2, 0) is 6.42 Å². The summed E-state index contributed by atoms with van der Waals surface area (Å²) >= 11 is 6.27. The van der Waals surface area contributed by atoms with Crippen LogP contribution in [-0.4, -0.2) is 12.0 Å². The molecule has 0 spiro atoms. The van der Waals surface area contributed by atoms with E-state index in [0.29, 0.717) is 0 Å². The van der Waals surface area contributed by atoms with Crippen LogP contribution < -0.4 is 5.32 Å². The molecule has 1 aromatic carbocycles. The van der Waals surface area contributed by atoms with Crippen molar-refractivity contribution in [3.63, 3.8) is 0 Å². The SMILES string of the molecule is CNC(Cc1ccc(C)cc1Cl)c1cccnc1. The van der Waals surface area contributed by atoms with Gasteiger partial charge in [0.05, 0.1) is 0 Å². The number of benzene rings is 1. The Hall–Kier alpha value is -1.38. The molecule has 1 N–H and O–H groups in total. The number of pyridine rings is 1. The number of halogens is 1. The van der Waals surface area contributed by atoms with Crippen molar-refractivity contribution in [1.29, 1.82) is 0 Å². The van der Waals surface area contributed by atoms with Gasteiger partial charge in [-0.25, -0.2) is 0 Å². The highest BCUT2D eigenvalue weighted by atomic mass is 35.5. The lowest BCUT2D eigenvalue weighted by molar-refractivity contribution is 0.590. The van der Waals surface area contributed by atoms with E-state index in [9.17, 15) is 0 Å². The molecule has 1 aromatic heterocycles. The largest absolute Gasteiger partial charge is 0.313 e. The first-order chi connectivity index (χ1) is 8.70. The molecular weight excluding hydrogens is 244 g/mol. The van der Waals surface area contributed by atoms with E-state index in [1.54, 1.807) is 6.20 Å². The topological polar surface area (TPSA) is 24.9 Å². The number of aromatic nitrogens is 1. The van der Waals surface area contributed by atoms with Crippen molar-refractivity contribution in [3.8, 4) is 0 Å². The Morgan fingerprint density at radius 3 is 2.78 bits per heavy atom. The van der Waals surface area contributed by atoms with Gasteiger partial charge in [0.25, 0.3) is 0 Å². The van der Waals surface area contributed by atoms with Crippen LogP contribution in [0.2, 0.25) is 5.02 Å². The zero-order chi connectivity index (χ0) is 13.0. The number of hydrogen-bond acceptors (Lipinski definition) is 2. The molecule has 2 rings (SSSR count). The van der Waals surface area contributed by atoms with Gasteiger partial charge in [0.15, 0.2) is 0 Å². The van der Waals surface area contributed by atoms with Gasteiger partial charge in [0.1, 0.15) is 0 Å². The molecule has 1 unspecified atom stereocenters. The number of aryl methyl sites for hydroxylation is 1. The number of nitrogens with one attached hydrogen (secondary N) is 1. The average Bonchev–Trinajstić information content (AvgIpc) is 2.39. The van der Waals surface area contributed by atoms with E-state index < -0.39 is 0 Å². The Balaban J connectivity index is 2.21. The summed E-state index contributed by atoms with van der Waals surface area (Å²) in [6.45, 7) is 2.05. The van der Waals surface area contributed by atoms with E-state index in [4.69, 9.17) is 11.6 Å². The predicted molar refractivity (Wildman–Crippen MR) is 75.9 cm³/mol. The summed E-state index contributed by atoms with van der Waals surface area (Å²) in [5, 5.41) is 4.14. The molecule has 0 saturated heterocycles. The second-order valence-corrected chi connectivity index (χ2v) is 4.83. The van der Waals surface area contributed by atoms with Gasteiger partial charge >= 0.3 is 0 Å². The third-order valence-corrected chi connectivity index (χ3v) is 3.42. The third-order valence-electron chi connectivity index (χ3n) is 3.07. The quantitative estimate of drug-likeness (QED) is 0.910. The Morgan fingerprint density at radius 1 is 1.33 bits per heavy atom. The summed E-state index contributed by atoms with van der Waals surface area (Å²) in [5.74, 6) is 0. The van der Waals surface area contributed by atoms with Gasteiger partial charge < -0.3 is 5.32 Å². The molecule has 1 heterocycles. The summed E-state index contributed by atoms with van der Waals surface area (Å²) in [5.41, 5.74) is 3.52. The predicted octanol–water partition coefficient (Wildman–Crippen LogP) is 3.55. The molecule has 0 fully saturated rings. The smallest absolute Gasteiger partial charge is 0.0441 e. The van der Waals surface area contributed by atoms with Crippen LogP contribution in [0.1, 0.15) is 22.7 Å². The highest BCUT2D eigenvalue weighted by Crippen LogP contribution is 2.23. The molecule has 0 aliphatic rings. The lowest BCUT2D eigenvalue weighted by Gasteiger charge is -2.17. The summed E-state index contributed by atoms with van der Waals surface area (Å²) in [7, 11) is 1.96. The van der Waals surface area contributed by atoms with Crippen molar-refractivity contribution >= 4 is 11.6 Å². The minimum absolute atomic E-state index is 0.235. The molecule has 1 atom stereocenters. The van der Waals surface area contributed by atoms with Crippen molar-refractivity contribution in [2.24, 2.45) is 0 Å². The maximum absolute atomic E-state index is 6.27. The lowest BCUT2D eigenvalue weighted by atomic mass is 9.99. The molecule has 94 valence electrons. The molecule has 0 aliphatic heterocycles. The summed E-state index contributed by atoms with van der Waals surface area (Å²) in [4.78, 5) is 4.16. The summed E-state index contributed by atoms with van der Waals surface area (Å²) in [6, 6.07) is 10.5. The molecule has 0 radical (unpaired) electrons. The van der Waals surface area contributed by atoms with Gasteiger partial charge in [-0.05, 0) is 49.2 Å². The zero-order valence-corrected chi connectivity index (χ0v) is 11.4. The lowest BCUT2D eigenvalue weighted by Crippen LogP contribution is -2.19. The standard InChI is InChI=1S/C15H17ClN2/c1-11-5-6-12(14(16)8-11)9-15(17-2)13-4-3-7-18-10-13/h3-8,10,15,17H,9H2,1-2H3. The van der Waals surface area contributed by atoms with E-state index >= 15 is 0 Å². The molecule has 3 heteroatoms. The van der Waals surface area contributed by atoms with Crippen molar-refractivity contribution in [3.05, 3.63) is 64.4 Å². The number of rotatable bonds is 4. The van der Waals surface area contributed by atoms with E-state index in [-0.39, 0.29) is 6.04 Å². The van der Waals surface area contributed by atoms with Gasteiger partial charge in [-0.15, -0.1) is 0 Å². The molecule has 0 saturated carbocycles. The zero-order valence-electron chi connectivity index (χ0n) is 10.7. The molecule has 0 aliphatic carbocycles. The second kappa shape index (κ2) is 5.98. The first kappa shape index (κ1) is 13.1. The highest BCUT2D eigenvalue weighted by Gasteiger charge is 2.12. The van der Waals surface area contributed by atoms with Crippen LogP contribution in [0.4, 0.5) is 0 Å². The van der Waals surface area contributed by atoms with Crippen molar-refractivity contribution < 1.29 is 0 Å². The average molecular weight is 261 g/mol. The maximum atomic E-state index is 6.27. The van der Waals surface area contributed by atoms with Gasteiger partial charge in [0.2, 0.25) is 0 Å². The Morgan fingerprint density at radius 2 is 2.17 bits per heavy atom. The van der Waals surface area contributed by atoms with Gasteiger partial charge in [0, 0.05) is 23.5 Å². The Bertz CT molecular complexity index is 511. The van der Waals surface area contributed by atoms with Gasteiger partial charge in [-0.3, -0.25) is 4.98 Å². The second-order valence-electron chi connectivity index (χ2n) is 4.43. The summed E-state index contributed by atoms with van der Waals surface area (Å²) < 4.78 is 0. The summed E-state index contributed by atoms with van der Waals surface area (Å²) in [6.07, 6.45) is 4.54. The van der Waals surface area contributed by atoms with E-state index in [1.165, 1.54) is 11.1 Å². The molecule has 2 aromatic rings. The monoisotopic (exact) mass is 260 g/mol. The highest BCUT2D eigenvalue weighted by molar-refractivity contribution is 6.31. The molecular formula is C15H17ClN2. The van der Waals surface area contributed by atoms with Crippen LogP contribution in [0, 0.1) is 6.92 Å². The Kier molecular flexibility index (Phi) is 4.34. The van der Waals surface area contributed by atoms with E-state index in [0.717, 1.165) is 17.0 Å². The fourth-order valence-electron chi connectivity index (χ4n) is 2.01. The number of likely N-dealkylation sites (N-methyl/N-ethyl adjacent to an activating group) is 1. The van der Waals surface area contributed by atoms with Crippen LogP contribution in [0.5, 0.6) is 0 Å². The molecule has 0 amide bonds. The molecule has 0 bridgehead atoms. The minimum Gasteiger partial charge on any atom is -0.313 e. The first-order valence-corrected chi connectivity index (χ1v) is 6.40. The van der Waals surface area contributed by atoms with Crippen LogP contribution in [0.15, 0.2) is 42.7 Å². The third kappa shape index (κ3) is 3.09. The van der Waals surface area contributed by atoms with Crippen molar-refractivity contribution in [1.82, 2.24) is 10.3 Å². The van der Waals surface area contributed by atoms with Crippen LogP contribution in [0.3, 0.4) is 0 Å². The van der Waals surface area contributed by atoms with Gasteiger partial charge in [-0.1, -0.05) is 29.8 Å². The number of hydrogen-bond donors (Lipinski definition) is 1. The molecule has 18 heavy (non-hydrogen) atoms.